The molecule has 1 aliphatic rings. The number of unbranched alkanes of at least 4 members (excludes halogenated alkanes) is 2. The lowest BCUT2D eigenvalue weighted by atomic mass is 9.68. The van der Waals surface area contributed by atoms with E-state index in [9.17, 15) is 0 Å². The van der Waals surface area contributed by atoms with E-state index in [4.69, 9.17) is 27.9 Å². The molecule has 194 valence electrons. The van der Waals surface area contributed by atoms with Gasteiger partial charge in [-0.05, 0) is 87.9 Å². The average Bonchev–Trinajstić information content (AvgIpc) is 2.86. The van der Waals surface area contributed by atoms with Gasteiger partial charge in [0.2, 0.25) is 0 Å². The normalized spacial score (nSPS) is 22.4. The predicted octanol–water partition coefficient (Wildman–Crippen LogP) is 8.81. The minimum Gasteiger partial charge on any atom is -0.495 e. The van der Waals surface area contributed by atoms with Gasteiger partial charge in [-0.2, -0.15) is 0 Å². The lowest BCUT2D eigenvalue weighted by molar-refractivity contribution is 0.0184. The van der Waals surface area contributed by atoms with Crippen molar-refractivity contribution in [3.63, 3.8) is 0 Å². The summed E-state index contributed by atoms with van der Waals surface area (Å²) in [5.74, 6) is 1.37. The van der Waals surface area contributed by atoms with Crippen LogP contribution >= 0.6 is 23.2 Å². The van der Waals surface area contributed by atoms with Gasteiger partial charge in [0, 0.05) is 34.2 Å². The van der Waals surface area contributed by atoms with Crippen LogP contribution in [0, 0.1) is 5.92 Å². The molecule has 0 heterocycles. The van der Waals surface area contributed by atoms with Crippen LogP contribution in [-0.4, -0.2) is 37.7 Å². The molecule has 35 heavy (non-hydrogen) atoms. The molecule has 0 bridgehead atoms. The van der Waals surface area contributed by atoms with Crippen LogP contribution in [0.25, 0.3) is 0 Å². The summed E-state index contributed by atoms with van der Waals surface area (Å²) in [6.45, 7) is 12.5. The maximum Gasteiger partial charge on any atom is 0.143 e. The van der Waals surface area contributed by atoms with Gasteiger partial charge in [0.1, 0.15) is 5.75 Å². The molecule has 0 amide bonds. The van der Waals surface area contributed by atoms with Crippen LogP contribution in [0.4, 0.5) is 5.69 Å². The summed E-state index contributed by atoms with van der Waals surface area (Å²) in [5, 5.41) is 1.52. The van der Waals surface area contributed by atoms with Crippen LogP contribution in [0.5, 0.6) is 5.75 Å². The minimum atomic E-state index is 0.0499. The van der Waals surface area contributed by atoms with Gasteiger partial charge in [0.15, 0.2) is 0 Å². The van der Waals surface area contributed by atoms with Gasteiger partial charge in [0.25, 0.3) is 0 Å². The number of hydrogen-bond acceptors (Lipinski definition) is 3. The lowest BCUT2D eigenvalue weighted by Crippen LogP contribution is -2.55. The van der Waals surface area contributed by atoms with Crippen molar-refractivity contribution in [3.8, 4) is 5.75 Å². The Hall–Kier alpha value is -1.42. The van der Waals surface area contributed by atoms with Crippen molar-refractivity contribution in [1.29, 1.82) is 0 Å². The molecule has 2 aromatic carbocycles. The predicted molar refractivity (Wildman–Crippen MR) is 152 cm³/mol. The first-order chi connectivity index (χ1) is 16.9. The van der Waals surface area contributed by atoms with E-state index in [0.29, 0.717) is 17.0 Å². The Morgan fingerprint density at radius 3 is 2.11 bits per heavy atom. The van der Waals surface area contributed by atoms with Crippen LogP contribution < -0.4 is 9.64 Å². The van der Waals surface area contributed by atoms with Gasteiger partial charge in [-0.3, -0.25) is 4.90 Å². The average molecular weight is 520 g/mol. The largest absolute Gasteiger partial charge is 0.495 e. The first-order valence-corrected chi connectivity index (χ1v) is 14.3. The molecule has 0 aliphatic heterocycles. The van der Waals surface area contributed by atoms with Crippen molar-refractivity contribution in [1.82, 2.24) is 4.90 Å². The molecule has 1 saturated carbocycles. The van der Waals surface area contributed by atoms with E-state index in [0.717, 1.165) is 55.4 Å². The minimum absolute atomic E-state index is 0.0499. The first-order valence-electron chi connectivity index (χ1n) is 13.5. The summed E-state index contributed by atoms with van der Waals surface area (Å²) in [5.41, 5.74) is 2.62. The number of halogens is 2. The number of nitrogens with zero attached hydrogens (tertiary/aromatic N) is 2. The molecule has 3 unspecified atom stereocenters. The van der Waals surface area contributed by atoms with E-state index in [2.05, 4.69) is 67.8 Å². The van der Waals surface area contributed by atoms with Crippen LogP contribution in [0.1, 0.15) is 78.2 Å². The SMILES string of the molecule is CCCCN(CCCC)C1(c2ccc(Cl)cc2)CCC(N(CC)c2ccc(Cl)cc2OC)C(C)C1. The van der Waals surface area contributed by atoms with Crippen molar-refractivity contribution in [2.24, 2.45) is 5.92 Å². The summed E-state index contributed by atoms with van der Waals surface area (Å²) in [7, 11) is 1.73. The topological polar surface area (TPSA) is 15.7 Å². The fourth-order valence-electron chi connectivity index (χ4n) is 6.11. The van der Waals surface area contributed by atoms with Crippen LogP contribution in [-0.2, 0) is 5.54 Å². The quantitative estimate of drug-likeness (QED) is 0.279. The van der Waals surface area contributed by atoms with Gasteiger partial charge in [0.05, 0.1) is 12.8 Å². The lowest BCUT2D eigenvalue weighted by Gasteiger charge is -2.53. The number of benzene rings is 2. The maximum absolute atomic E-state index is 6.32. The molecule has 3 nitrogen and oxygen atoms in total. The van der Waals surface area contributed by atoms with Crippen molar-refractivity contribution in [2.75, 3.05) is 31.6 Å². The Morgan fingerprint density at radius 2 is 1.57 bits per heavy atom. The van der Waals surface area contributed by atoms with Crippen molar-refractivity contribution < 1.29 is 4.74 Å². The van der Waals surface area contributed by atoms with Gasteiger partial charge in [-0.15, -0.1) is 0 Å². The van der Waals surface area contributed by atoms with E-state index in [1.807, 2.05) is 12.1 Å². The zero-order valence-corrected chi connectivity index (χ0v) is 23.8. The molecule has 0 spiro atoms. The maximum atomic E-state index is 6.32. The van der Waals surface area contributed by atoms with Crippen molar-refractivity contribution >= 4 is 28.9 Å². The molecular weight excluding hydrogens is 475 g/mol. The van der Waals surface area contributed by atoms with E-state index in [1.165, 1.54) is 31.2 Å². The van der Waals surface area contributed by atoms with E-state index >= 15 is 0 Å². The highest BCUT2D eigenvalue weighted by Gasteiger charge is 2.45. The number of hydrogen-bond donors (Lipinski definition) is 0. The second kappa shape index (κ2) is 13.2. The summed E-state index contributed by atoms with van der Waals surface area (Å²) in [4.78, 5) is 5.35. The molecule has 3 rings (SSSR count). The molecular formula is C30H44Cl2N2O. The molecule has 1 fully saturated rings. The number of ether oxygens (including phenoxy) is 1. The number of rotatable bonds is 12. The Bertz CT molecular complexity index is 911. The third-order valence-electron chi connectivity index (χ3n) is 7.91. The number of anilines is 1. The van der Waals surface area contributed by atoms with Gasteiger partial charge in [-0.1, -0.05) is 68.9 Å². The fraction of sp³-hybridized carbons (Fsp3) is 0.600. The van der Waals surface area contributed by atoms with Crippen molar-refractivity contribution in [2.45, 2.75) is 84.2 Å². The third kappa shape index (κ3) is 6.48. The summed E-state index contributed by atoms with van der Waals surface area (Å²) in [6, 6.07) is 15.2. The van der Waals surface area contributed by atoms with Crippen LogP contribution in [0.2, 0.25) is 10.0 Å². The highest BCUT2D eigenvalue weighted by atomic mass is 35.5. The molecule has 0 N–H and O–H groups in total. The molecule has 1 aliphatic carbocycles. The van der Waals surface area contributed by atoms with E-state index in [-0.39, 0.29) is 5.54 Å². The van der Waals surface area contributed by atoms with Crippen molar-refractivity contribution in [3.05, 3.63) is 58.1 Å². The zero-order chi connectivity index (χ0) is 25.4. The summed E-state index contributed by atoms with van der Waals surface area (Å²) in [6.07, 6.45) is 8.33. The van der Waals surface area contributed by atoms with Gasteiger partial charge < -0.3 is 9.64 Å². The molecule has 0 aromatic heterocycles. The highest BCUT2D eigenvalue weighted by molar-refractivity contribution is 6.31. The van der Waals surface area contributed by atoms with Crippen LogP contribution in [0.15, 0.2) is 42.5 Å². The summed E-state index contributed by atoms with van der Waals surface area (Å²) >= 11 is 12.6. The molecule has 2 aromatic rings. The Labute approximate surface area is 223 Å². The fourth-order valence-corrected chi connectivity index (χ4v) is 6.40. The summed E-state index contributed by atoms with van der Waals surface area (Å²) < 4.78 is 5.74. The van der Waals surface area contributed by atoms with Gasteiger partial charge in [-0.25, -0.2) is 0 Å². The highest BCUT2D eigenvalue weighted by Crippen LogP contribution is 2.48. The third-order valence-corrected chi connectivity index (χ3v) is 8.40. The van der Waals surface area contributed by atoms with Gasteiger partial charge >= 0.3 is 0 Å². The monoisotopic (exact) mass is 518 g/mol. The standard InChI is InChI=1S/C30H44Cl2N2O/c1-6-9-19-33(20-10-7-2)30(24-11-13-25(31)14-12-24)18-17-27(23(4)22-30)34(8-3)28-16-15-26(32)21-29(28)35-5/h11-16,21,23,27H,6-10,17-20,22H2,1-5H3. The second-order valence-electron chi connectivity index (χ2n) is 10.1. The smallest absolute Gasteiger partial charge is 0.143 e. The van der Waals surface area contributed by atoms with Crippen LogP contribution in [0.3, 0.4) is 0 Å². The number of methoxy groups -OCH3 is 1. The first kappa shape index (κ1) is 28.2. The molecule has 5 heteroatoms. The molecule has 0 saturated heterocycles. The molecule has 0 radical (unpaired) electrons. The Balaban J connectivity index is 1.96. The van der Waals surface area contributed by atoms with E-state index in [1.54, 1.807) is 7.11 Å². The van der Waals surface area contributed by atoms with E-state index < -0.39 is 0 Å². The Morgan fingerprint density at radius 1 is 0.943 bits per heavy atom. The zero-order valence-electron chi connectivity index (χ0n) is 22.3. The second-order valence-corrected chi connectivity index (χ2v) is 11.0. The Kier molecular flexibility index (Phi) is 10.6. The molecule has 3 atom stereocenters.